The quantitative estimate of drug-likeness (QED) is 0.187. The zero-order valence-electron chi connectivity index (χ0n) is 22.4. The van der Waals surface area contributed by atoms with E-state index in [4.69, 9.17) is 13.9 Å². The minimum absolute atomic E-state index is 0.0120. The normalized spacial score (nSPS) is 25.2. The molecule has 0 saturated carbocycles. The summed E-state index contributed by atoms with van der Waals surface area (Å²) in [6.07, 6.45) is 2.79. The predicted molar refractivity (Wildman–Crippen MR) is 144 cm³/mol. The molecule has 2 amide bonds. The minimum atomic E-state index is -2.10. The molecule has 2 fully saturated rings. The first-order valence-electron chi connectivity index (χ1n) is 12.5. The Balaban J connectivity index is 1.91. The Morgan fingerprint density at radius 2 is 1.83 bits per heavy atom. The molecule has 0 bridgehead atoms. The topological polar surface area (TPSA) is 85.4 Å². The van der Waals surface area contributed by atoms with Gasteiger partial charge in [-0.1, -0.05) is 46.1 Å². The highest BCUT2D eigenvalue weighted by Crippen LogP contribution is 2.48. The van der Waals surface area contributed by atoms with E-state index in [0.717, 1.165) is 11.3 Å². The van der Waals surface area contributed by atoms with Crippen LogP contribution in [0.15, 0.2) is 36.6 Å². The van der Waals surface area contributed by atoms with Gasteiger partial charge in [-0.15, -0.1) is 0 Å². The molecule has 0 aliphatic carbocycles. The SMILES string of the molecule is C=CCOC(=O)C1=C(C2CSCCN2C(=O)OCC=C)C[C@@H]2[C@@H]([C@@H](C)O[Si](C)(C)C(C)(C)C)C(=O)N12. The minimum Gasteiger partial charge on any atom is -0.457 e. The van der Waals surface area contributed by atoms with E-state index in [0.29, 0.717) is 18.7 Å². The van der Waals surface area contributed by atoms with Gasteiger partial charge >= 0.3 is 12.1 Å². The summed E-state index contributed by atoms with van der Waals surface area (Å²) in [6, 6.07) is -0.556. The largest absolute Gasteiger partial charge is 0.457 e. The summed E-state index contributed by atoms with van der Waals surface area (Å²) in [7, 11) is -2.10. The molecule has 3 rings (SSSR count). The molecule has 200 valence electrons. The molecule has 10 heteroatoms. The first-order chi connectivity index (χ1) is 16.9. The number of hydrogen-bond acceptors (Lipinski definition) is 7. The van der Waals surface area contributed by atoms with E-state index >= 15 is 0 Å². The molecule has 0 aromatic rings. The van der Waals surface area contributed by atoms with Gasteiger partial charge < -0.3 is 18.8 Å². The number of carbonyl (C=O) groups is 3. The molecule has 8 nitrogen and oxygen atoms in total. The van der Waals surface area contributed by atoms with Crippen LogP contribution in [0.4, 0.5) is 4.79 Å². The molecular formula is C26H40N2O6SSi. The third-order valence-corrected chi connectivity index (χ3v) is 13.2. The van der Waals surface area contributed by atoms with Gasteiger partial charge in [0.1, 0.15) is 18.9 Å². The lowest BCUT2D eigenvalue weighted by molar-refractivity contribution is -0.161. The van der Waals surface area contributed by atoms with E-state index in [1.165, 1.54) is 12.2 Å². The number of thioether (sulfide) groups is 1. The highest BCUT2D eigenvalue weighted by Gasteiger charge is 2.59. The number of fused-ring (bicyclic) bond motifs is 1. The Hall–Kier alpha value is -2.04. The van der Waals surface area contributed by atoms with Gasteiger partial charge in [-0.05, 0) is 37.0 Å². The first kappa shape index (κ1) is 28.5. The van der Waals surface area contributed by atoms with E-state index < -0.39 is 20.4 Å². The maximum atomic E-state index is 13.5. The number of carbonyl (C=O) groups excluding carboxylic acids is 3. The molecule has 2 saturated heterocycles. The lowest BCUT2D eigenvalue weighted by atomic mass is 9.82. The fraction of sp³-hybridized carbons (Fsp3) is 0.654. The van der Waals surface area contributed by atoms with Crippen LogP contribution in [0.5, 0.6) is 0 Å². The van der Waals surface area contributed by atoms with Crippen molar-refractivity contribution in [1.29, 1.82) is 0 Å². The summed E-state index contributed by atoms with van der Waals surface area (Å²) in [5, 5.41) is 0.0120. The van der Waals surface area contributed by atoms with Crippen molar-refractivity contribution in [2.45, 2.75) is 70.4 Å². The summed E-state index contributed by atoms with van der Waals surface area (Å²) < 4.78 is 17.3. The third-order valence-electron chi connectivity index (χ3n) is 7.65. The van der Waals surface area contributed by atoms with Crippen molar-refractivity contribution in [3.63, 3.8) is 0 Å². The molecule has 0 N–H and O–H groups in total. The summed E-state index contributed by atoms with van der Waals surface area (Å²) in [5.41, 5.74) is 1.02. The summed E-state index contributed by atoms with van der Waals surface area (Å²) in [4.78, 5) is 42.7. The Kier molecular flexibility index (Phi) is 8.83. The van der Waals surface area contributed by atoms with Crippen LogP contribution in [-0.4, -0.2) is 85.5 Å². The molecule has 0 radical (unpaired) electrons. The van der Waals surface area contributed by atoms with Crippen molar-refractivity contribution in [1.82, 2.24) is 9.80 Å². The summed E-state index contributed by atoms with van der Waals surface area (Å²) in [6.45, 7) is 20.7. The smallest absolute Gasteiger partial charge is 0.410 e. The zero-order valence-corrected chi connectivity index (χ0v) is 24.2. The molecule has 3 aliphatic rings. The molecule has 4 atom stereocenters. The van der Waals surface area contributed by atoms with Gasteiger partial charge in [-0.25, -0.2) is 9.59 Å². The number of β-lactam (4-membered cyclic amide) rings is 1. The van der Waals surface area contributed by atoms with Crippen molar-refractivity contribution in [2.75, 3.05) is 31.3 Å². The number of hydrogen-bond donors (Lipinski definition) is 0. The molecule has 3 heterocycles. The lowest BCUT2D eigenvalue weighted by Crippen LogP contribution is -2.63. The average Bonchev–Trinajstić information content (AvgIpc) is 3.14. The second-order valence-corrected chi connectivity index (χ2v) is 16.9. The van der Waals surface area contributed by atoms with Crippen LogP contribution in [0.3, 0.4) is 0 Å². The maximum Gasteiger partial charge on any atom is 0.410 e. The number of rotatable bonds is 9. The maximum absolute atomic E-state index is 13.5. The molecule has 36 heavy (non-hydrogen) atoms. The number of ether oxygens (including phenoxy) is 2. The summed E-state index contributed by atoms with van der Waals surface area (Å²) in [5.74, 6) is 0.348. The molecule has 0 spiro atoms. The van der Waals surface area contributed by atoms with Crippen molar-refractivity contribution in [2.24, 2.45) is 5.92 Å². The van der Waals surface area contributed by atoms with Crippen molar-refractivity contribution in [3.05, 3.63) is 36.6 Å². The second kappa shape index (κ2) is 11.1. The monoisotopic (exact) mass is 536 g/mol. The van der Waals surface area contributed by atoms with E-state index in [9.17, 15) is 14.4 Å². The van der Waals surface area contributed by atoms with Gasteiger partial charge in [0.15, 0.2) is 8.32 Å². The van der Waals surface area contributed by atoms with Gasteiger partial charge in [0.25, 0.3) is 0 Å². The number of amides is 2. The fourth-order valence-corrected chi connectivity index (χ4v) is 7.34. The third kappa shape index (κ3) is 5.45. The standard InChI is InChI=1S/C26H40N2O6SSi/c1-9-12-32-24(30)22-18(20-16-35-14-11-27(20)25(31)33-13-10-2)15-19-21(23(29)28(19)22)17(3)34-36(7,8)26(4,5)6/h9-10,17,19-21H,1-2,11-16H2,3-8H3/t17-,19-,20?,21-/m1/s1. The van der Waals surface area contributed by atoms with E-state index in [2.05, 4.69) is 47.0 Å². The molecule has 0 aromatic carbocycles. The second-order valence-electron chi connectivity index (χ2n) is 11.0. The number of nitrogens with zero attached hydrogens (tertiary/aromatic N) is 2. The highest BCUT2D eigenvalue weighted by molar-refractivity contribution is 7.99. The molecule has 1 unspecified atom stereocenters. The Labute approximate surface area is 220 Å². The van der Waals surface area contributed by atoms with Crippen LogP contribution in [0.25, 0.3) is 0 Å². The van der Waals surface area contributed by atoms with Crippen LogP contribution in [0.2, 0.25) is 18.1 Å². The highest BCUT2D eigenvalue weighted by atomic mass is 32.2. The van der Waals surface area contributed by atoms with Gasteiger partial charge in [0, 0.05) is 18.1 Å². The number of esters is 1. The van der Waals surface area contributed by atoms with E-state index in [1.54, 1.807) is 21.6 Å². The van der Waals surface area contributed by atoms with Crippen LogP contribution in [0.1, 0.15) is 34.1 Å². The van der Waals surface area contributed by atoms with Crippen LogP contribution in [0, 0.1) is 5.92 Å². The molecule has 0 aromatic heterocycles. The van der Waals surface area contributed by atoms with Gasteiger partial charge in [-0.2, -0.15) is 11.8 Å². The van der Waals surface area contributed by atoms with E-state index in [1.807, 2.05) is 6.92 Å². The lowest BCUT2D eigenvalue weighted by Gasteiger charge is -2.49. The van der Waals surface area contributed by atoms with Crippen molar-refractivity contribution in [3.8, 4) is 0 Å². The van der Waals surface area contributed by atoms with Gasteiger partial charge in [0.05, 0.1) is 24.1 Å². The van der Waals surface area contributed by atoms with Crippen molar-refractivity contribution < 1.29 is 28.3 Å². The van der Waals surface area contributed by atoms with Crippen molar-refractivity contribution >= 4 is 38.0 Å². The molecule has 3 aliphatic heterocycles. The Bertz CT molecular complexity index is 943. The Morgan fingerprint density at radius 3 is 2.44 bits per heavy atom. The van der Waals surface area contributed by atoms with Crippen LogP contribution in [-0.2, 0) is 23.5 Å². The van der Waals surface area contributed by atoms with Gasteiger partial charge in [-0.3, -0.25) is 9.69 Å². The zero-order chi connectivity index (χ0) is 26.8. The molecular weight excluding hydrogens is 496 g/mol. The van der Waals surface area contributed by atoms with Crippen LogP contribution >= 0.6 is 11.8 Å². The first-order valence-corrected chi connectivity index (χ1v) is 16.6. The summed E-state index contributed by atoms with van der Waals surface area (Å²) >= 11 is 1.71. The van der Waals surface area contributed by atoms with E-state index in [-0.39, 0.29) is 54.0 Å². The van der Waals surface area contributed by atoms with Crippen LogP contribution < -0.4 is 0 Å². The van der Waals surface area contributed by atoms with Gasteiger partial charge in [0.2, 0.25) is 5.91 Å². The Morgan fingerprint density at radius 1 is 1.19 bits per heavy atom. The predicted octanol–water partition coefficient (Wildman–Crippen LogP) is 4.35. The average molecular weight is 537 g/mol. The fourth-order valence-electron chi connectivity index (χ4n) is 4.82.